The number of carbonyl (C=O) groups excluding carboxylic acids is 1. The van der Waals surface area contributed by atoms with E-state index in [9.17, 15) is 4.79 Å². The highest BCUT2D eigenvalue weighted by Gasteiger charge is 2.05. The maximum Gasteiger partial charge on any atom is 0.226 e. The zero-order valence-corrected chi connectivity index (χ0v) is 13.6. The average molecular weight is 296 g/mol. The number of rotatable bonds is 6. The second-order valence-corrected chi connectivity index (χ2v) is 5.55. The van der Waals surface area contributed by atoms with E-state index in [1.54, 1.807) is 0 Å². The van der Waals surface area contributed by atoms with Gasteiger partial charge in [-0.3, -0.25) is 4.79 Å². The van der Waals surface area contributed by atoms with Gasteiger partial charge in [-0.2, -0.15) is 0 Å². The van der Waals surface area contributed by atoms with Crippen molar-refractivity contribution in [3.63, 3.8) is 0 Å². The summed E-state index contributed by atoms with van der Waals surface area (Å²) >= 11 is 0. The molecule has 0 heterocycles. The molecule has 0 aliphatic carbocycles. The Morgan fingerprint density at radius 2 is 1.82 bits per heavy atom. The fourth-order valence-corrected chi connectivity index (χ4v) is 2.39. The van der Waals surface area contributed by atoms with Crippen molar-refractivity contribution in [3.8, 4) is 0 Å². The van der Waals surface area contributed by atoms with Crippen LogP contribution in [0.2, 0.25) is 0 Å². The second-order valence-electron chi connectivity index (χ2n) is 5.55. The third-order valence-corrected chi connectivity index (χ3v) is 3.73. The molecule has 0 atom stereocenters. The number of anilines is 2. The molecule has 0 spiro atoms. The molecule has 3 heteroatoms. The highest BCUT2D eigenvalue weighted by atomic mass is 16.1. The molecule has 0 aliphatic heterocycles. The van der Waals surface area contributed by atoms with Crippen LogP contribution < -0.4 is 10.6 Å². The van der Waals surface area contributed by atoms with Gasteiger partial charge in [-0.25, -0.2) is 0 Å². The van der Waals surface area contributed by atoms with Crippen LogP contribution in [0, 0.1) is 13.8 Å². The number of para-hydroxylation sites is 1. The van der Waals surface area contributed by atoms with Gasteiger partial charge in [0.1, 0.15) is 0 Å². The summed E-state index contributed by atoms with van der Waals surface area (Å²) in [5, 5.41) is 6.33. The molecule has 22 heavy (non-hydrogen) atoms. The molecule has 0 saturated heterocycles. The lowest BCUT2D eigenvalue weighted by atomic mass is 10.1. The first kappa shape index (κ1) is 16.1. The molecule has 2 aromatic rings. The number of hydrogen-bond acceptors (Lipinski definition) is 2. The Morgan fingerprint density at radius 1 is 1.05 bits per heavy atom. The standard InChI is InChI=1S/C19H24N2O/c1-4-16-7-5-6-8-17(16)20-12-11-19(22)21-18-13-14(2)9-10-15(18)3/h5-10,13,20H,4,11-12H2,1-3H3,(H,21,22). The molecule has 0 saturated carbocycles. The van der Waals surface area contributed by atoms with Crippen LogP contribution in [0.3, 0.4) is 0 Å². The van der Waals surface area contributed by atoms with Crippen molar-refractivity contribution in [3.05, 3.63) is 59.2 Å². The van der Waals surface area contributed by atoms with Crippen molar-refractivity contribution < 1.29 is 4.79 Å². The second kappa shape index (κ2) is 7.64. The Bertz CT molecular complexity index is 650. The van der Waals surface area contributed by atoms with E-state index in [-0.39, 0.29) is 5.91 Å². The Labute approximate surface area is 132 Å². The van der Waals surface area contributed by atoms with E-state index >= 15 is 0 Å². The fourth-order valence-electron chi connectivity index (χ4n) is 2.39. The summed E-state index contributed by atoms with van der Waals surface area (Å²) in [5.74, 6) is 0.0372. The van der Waals surface area contributed by atoms with Gasteiger partial charge in [0.25, 0.3) is 0 Å². The number of benzene rings is 2. The summed E-state index contributed by atoms with van der Waals surface area (Å²) in [5.41, 5.74) is 5.53. The van der Waals surface area contributed by atoms with Gasteiger partial charge in [0, 0.05) is 24.3 Å². The molecule has 0 bridgehead atoms. The lowest BCUT2D eigenvalue weighted by Crippen LogP contribution is -2.17. The van der Waals surface area contributed by atoms with Crippen LogP contribution in [0.4, 0.5) is 11.4 Å². The van der Waals surface area contributed by atoms with Crippen LogP contribution in [-0.4, -0.2) is 12.5 Å². The maximum atomic E-state index is 12.1. The normalized spacial score (nSPS) is 10.3. The molecule has 116 valence electrons. The molecular formula is C19H24N2O. The zero-order chi connectivity index (χ0) is 15.9. The van der Waals surface area contributed by atoms with E-state index < -0.39 is 0 Å². The van der Waals surface area contributed by atoms with E-state index in [1.807, 2.05) is 44.2 Å². The largest absolute Gasteiger partial charge is 0.384 e. The van der Waals surface area contributed by atoms with Crippen LogP contribution in [0.5, 0.6) is 0 Å². The SMILES string of the molecule is CCc1ccccc1NCCC(=O)Nc1cc(C)ccc1C. The molecule has 2 rings (SSSR count). The van der Waals surface area contributed by atoms with Gasteiger partial charge in [0.05, 0.1) is 0 Å². The topological polar surface area (TPSA) is 41.1 Å². The predicted molar refractivity (Wildman–Crippen MR) is 93.5 cm³/mol. The molecule has 2 N–H and O–H groups in total. The average Bonchev–Trinajstić information content (AvgIpc) is 2.51. The molecule has 3 nitrogen and oxygen atoms in total. The van der Waals surface area contributed by atoms with Crippen molar-refractivity contribution in [1.29, 1.82) is 0 Å². The fraction of sp³-hybridized carbons (Fsp3) is 0.316. The lowest BCUT2D eigenvalue weighted by Gasteiger charge is -2.12. The number of hydrogen-bond donors (Lipinski definition) is 2. The summed E-state index contributed by atoms with van der Waals surface area (Å²) in [6.07, 6.45) is 1.43. The third kappa shape index (κ3) is 4.35. The number of carbonyl (C=O) groups is 1. The number of nitrogens with one attached hydrogen (secondary N) is 2. The summed E-state index contributed by atoms with van der Waals surface area (Å²) in [6, 6.07) is 14.3. The van der Waals surface area contributed by atoms with Crippen molar-refractivity contribution in [2.24, 2.45) is 0 Å². The van der Waals surface area contributed by atoms with Gasteiger partial charge in [0.15, 0.2) is 0 Å². The molecule has 1 amide bonds. The van der Waals surface area contributed by atoms with Gasteiger partial charge in [-0.1, -0.05) is 37.3 Å². The van der Waals surface area contributed by atoms with Crippen molar-refractivity contribution in [2.45, 2.75) is 33.6 Å². The molecule has 2 aromatic carbocycles. The third-order valence-electron chi connectivity index (χ3n) is 3.73. The molecule has 0 unspecified atom stereocenters. The van der Waals surface area contributed by atoms with E-state index in [0.717, 1.165) is 28.9 Å². The van der Waals surface area contributed by atoms with E-state index in [0.29, 0.717) is 13.0 Å². The van der Waals surface area contributed by atoms with Crippen LogP contribution in [0.15, 0.2) is 42.5 Å². The number of amides is 1. The zero-order valence-electron chi connectivity index (χ0n) is 13.6. The smallest absolute Gasteiger partial charge is 0.226 e. The van der Waals surface area contributed by atoms with E-state index in [4.69, 9.17) is 0 Å². The minimum Gasteiger partial charge on any atom is -0.384 e. The summed E-state index contributed by atoms with van der Waals surface area (Å²) in [4.78, 5) is 12.1. The van der Waals surface area contributed by atoms with Crippen molar-refractivity contribution >= 4 is 17.3 Å². The molecule has 0 aromatic heterocycles. The maximum absolute atomic E-state index is 12.1. The van der Waals surface area contributed by atoms with Gasteiger partial charge < -0.3 is 10.6 Å². The molecule has 0 fully saturated rings. The first-order valence-electron chi connectivity index (χ1n) is 7.79. The van der Waals surface area contributed by atoms with Gasteiger partial charge in [-0.15, -0.1) is 0 Å². The summed E-state index contributed by atoms with van der Waals surface area (Å²) < 4.78 is 0. The van der Waals surface area contributed by atoms with Crippen LogP contribution >= 0.6 is 0 Å². The molecule has 0 aliphatic rings. The van der Waals surface area contributed by atoms with Crippen LogP contribution in [0.25, 0.3) is 0 Å². The lowest BCUT2D eigenvalue weighted by molar-refractivity contribution is -0.115. The number of aryl methyl sites for hydroxylation is 3. The minimum atomic E-state index is 0.0372. The van der Waals surface area contributed by atoms with E-state index in [2.05, 4.69) is 29.7 Å². The Balaban J connectivity index is 1.87. The van der Waals surface area contributed by atoms with E-state index in [1.165, 1.54) is 5.56 Å². The van der Waals surface area contributed by atoms with Gasteiger partial charge >= 0.3 is 0 Å². The molecule has 0 radical (unpaired) electrons. The highest BCUT2D eigenvalue weighted by molar-refractivity contribution is 5.91. The van der Waals surface area contributed by atoms with Crippen molar-refractivity contribution in [1.82, 2.24) is 0 Å². The first-order chi connectivity index (χ1) is 10.6. The Kier molecular flexibility index (Phi) is 5.59. The molecular weight excluding hydrogens is 272 g/mol. The minimum absolute atomic E-state index is 0.0372. The Hall–Kier alpha value is -2.29. The highest BCUT2D eigenvalue weighted by Crippen LogP contribution is 2.17. The van der Waals surface area contributed by atoms with Crippen molar-refractivity contribution in [2.75, 3.05) is 17.2 Å². The predicted octanol–water partition coefficient (Wildman–Crippen LogP) is 4.31. The van der Waals surface area contributed by atoms with Crippen LogP contribution in [-0.2, 0) is 11.2 Å². The first-order valence-corrected chi connectivity index (χ1v) is 7.79. The summed E-state index contributed by atoms with van der Waals surface area (Å²) in [6.45, 7) is 6.80. The van der Waals surface area contributed by atoms with Gasteiger partial charge in [-0.05, 0) is 49.1 Å². The summed E-state index contributed by atoms with van der Waals surface area (Å²) in [7, 11) is 0. The quantitative estimate of drug-likeness (QED) is 0.834. The Morgan fingerprint density at radius 3 is 2.59 bits per heavy atom. The van der Waals surface area contributed by atoms with Gasteiger partial charge in [0.2, 0.25) is 5.91 Å². The monoisotopic (exact) mass is 296 g/mol. The van der Waals surface area contributed by atoms with Crippen LogP contribution in [0.1, 0.15) is 30.0 Å².